The Morgan fingerprint density at radius 3 is 1.67 bits per heavy atom. The fourth-order valence-corrected chi connectivity index (χ4v) is 3.34. The first-order valence-corrected chi connectivity index (χ1v) is 6.62. The molecule has 2 aromatic rings. The van der Waals surface area contributed by atoms with Crippen molar-refractivity contribution in [3.8, 4) is 12.1 Å². The van der Waals surface area contributed by atoms with Crippen molar-refractivity contribution in [3.63, 3.8) is 0 Å². The number of thioether (sulfide) groups is 2. The zero-order valence-electron chi connectivity index (χ0n) is 8.91. The molecule has 0 aliphatic carbocycles. The van der Waals surface area contributed by atoms with Crippen LogP contribution in [0.5, 0.6) is 0 Å². The van der Waals surface area contributed by atoms with E-state index in [-0.39, 0.29) is 0 Å². The Hall–Kier alpha value is -2.02. The second-order valence-corrected chi connectivity index (χ2v) is 5.41. The lowest BCUT2D eigenvalue weighted by atomic mass is 10.3. The van der Waals surface area contributed by atoms with Gasteiger partial charge in [0.25, 0.3) is 0 Å². The third kappa shape index (κ3) is 1.72. The molecule has 0 N–H and O–H groups in total. The number of hydrogen-bond donors (Lipinski definition) is 0. The number of para-hydroxylation sites is 2. The van der Waals surface area contributed by atoms with Gasteiger partial charge in [-0.25, -0.2) is 9.97 Å². The highest BCUT2D eigenvalue weighted by Crippen LogP contribution is 2.44. The highest BCUT2D eigenvalue weighted by molar-refractivity contribution is 8.09. The summed E-state index contributed by atoms with van der Waals surface area (Å²) in [5, 5.41) is 19.4. The first kappa shape index (κ1) is 11.1. The number of benzene rings is 1. The maximum absolute atomic E-state index is 8.99. The third-order valence-corrected chi connectivity index (χ3v) is 4.53. The fraction of sp³-hybridized carbons (Fsp3) is 0. The number of fused-ring (bicyclic) bond motifs is 2. The largest absolute Gasteiger partial charge is 0.237 e. The van der Waals surface area contributed by atoms with Crippen molar-refractivity contribution < 1.29 is 0 Å². The first-order chi connectivity index (χ1) is 8.81. The maximum Gasteiger partial charge on any atom is 0.135 e. The van der Waals surface area contributed by atoms with Crippen LogP contribution in [0.15, 0.2) is 44.1 Å². The molecule has 6 heteroatoms. The van der Waals surface area contributed by atoms with Crippen molar-refractivity contribution in [2.75, 3.05) is 0 Å². The van der Waals surface area contributed by atoms with E-state index in [2.05, 4.69) is 9.97 Å². The molecule has 4 nitrogen and oxygen atoms in total. The molecule has 18 heavy (non-hydrogen) atoms. The predicted molar refractivity (Wildman–Crippen MR) is 69.5 cm³/mol. The van der Waals surface area contributed by atoms with Gasteiger partial charge in [-0.3, -0.25) is 0 Å². The van der Waals surface area contributed by atoms with E-state index in [9.17, 15) is 0 Å². The summed E-state index contributed by atoms with van der Waals surface area (Å²) in [5.74, 6) is 0. The van der Waals surface area contributed by atoms with Crippen LogP contribution in [0.4, 0.5) is 0 Å². The van der Waals surface area contributed by atoms with Crippen LogP contribution in [0.3, 0.4) is 0 Å². The summed E-state index contributed by atoms with van der Waals surface area (Å²) in [6.07, 6.45) is 0. The van der Waals surface area contributed by atoms with Crippen molar-refractivity contribution >= 4 is 34.6 Å². The molecule has 2 heterocycles. The molecule has 0 bridgehead atoms. The smallest absolute Gasteiger partial charge is 0.135 e. The first-order valence-electron chi connectivity index (χ1n) is 4.99. The van der Waals surface area contributed by atoms with Gasteiger partial charge >= 0.3 is 0 Å². The lowest BCUT2D eigenvalue weighted by molar-refractivity contribution is 0.972. The SMILES string of the molecule is N#CC1=C(C#N)Sc2nc3ccccc3nc2S1. The molecule has 0 unspecified atom stereocenters. The second-order valence-electron chi connectivity index (χ2n) is 3.41. The zero-order chi connectivity index (χ0) is 12.5. The van der Waals surface area contributed by atoms with Gasteiger partial charge in [0.2, 0.25) is 0 Å². The van der Waals surface area contributed by atoms with Crippen LogP contribution in [0.25, 0.3) is 11.0 Å². The number of nitrogens with zero attached hydrogens (tertiary/aromatic N) is 4. The molecule has 0 saturated heterocycles. The molecule has 0 fully saturated rings. The van der Waals surface area contributed by atoms with Gasteiger partial charge in [-0.05, 0) is 12.1 Å². The van der Waals surface area contributed by atoms with Crippen molar-refractivity contribution in [1.82, 2.24) is 9.97 Å². The van der Waals surface area contributed by atoms with Crippen LogP contribution in [0.1, 0.15) is 0 Å². The number of nitriles is 2. The van der Waals surface area contributed by atoms with Gasteiger partial charge in [-0.1, -0.05) is 35.7 Å². The van der Waals surface area contributed by atoms with Gasteiger partial charge in [-0.15, -0.1) is 0 Å². The lowest BCUT2D eigenvalue weighted by Crippen LogP contribution is -1.97. The molecule has 0 atom stereocenters. The zero-order valence-corrected chi connectivity index (χ0v) is 10.5. The third-order valence-electron chi connectivity index (χ3n) is 2.32. The van der Waals surface area contributed by atoms with E-state index in [0.29, 0.717) is 19.9 Å². The average molecular weight is 268 g/mol. The van der Waals surface area contributed by atoms with Gasteiger partial charge in [0.05, 0.1) is 11.0 Å². The van der Waals surface area contributed by atoms with E-state index in [1.807, 2.05) is 36.4 Å². The molecule has 1 aromatic carbocycles. The molecule has 0 radical (unpaired) electrons. The van der Waals surface area contributed by atoms with Crippen molar-refractivity contribution in [2.24, 2.45) is 0 Å². The van der Waals surface area contributed by atoms with Crippen LogP contribution in [0.2, 0.25) is 0 Å². The van der Waals surface area contributed by atoms with E-state index in [1.165, 1.54) is 23.5 Å². The molecule has 0 amide bonds. The molecule has 1 aliphatic heterocycles. The molecule has 0 saturated carbocycles. The van der Waals surface area contributed by atoms with Crippen LogP contribution in [0, 0.1) is 22.7 Å². The minimum atomic E-state index is 0.389. The van der Waals surface area contributed by atoms with E-state index >= 15 is 0 Å². The second kappa shape index (κ2) is 4.34. The van der Waals surface area contributed by atoms with Gasteiger partial charge in [0, 0.05) is 0 Å². The number of rotatable bonds is 0. The van der Waals surface area contributed by atoms with E-state index in [0.717, 1.165) is 11.0 Å². The molecule has 1 aromatic heterocycles. The quantitative estimate of drug-likeness (QED) is 0.731. The minimum absolute atomic E-state index is 0.389. The summed E-state index contributed by atoms with van der Waals surface area (Å²) < 4.78 is 0. The topological polar surface area (TPSA) is 73.4 Å². The van der Waals surface area contributed by atoms with E-state index < -0.39 is 0 Å². The highest BCUT2D eigenvalue weighted by atomic mass is 32.2. The van der Waals surface area contributed by atoms with Gasteiger partial charge < -0.3 is 0 Å². The predicted octanol–water partition coefficient (Wildman–Crippen LogP) is 3.09. The fourth-order valence-electron chi connectivity index (χ4n) is 1.53. The Kier molecular flexibility index (Phi) is 2.67. The van der Waals surface area contributed by atoms with E-state index in [4.69, 9.17) is 10.5 Å². The van der Waals surface area contributed by atoms with Gasteiger partial charge in [0.1, 0.15) is 32.0 Å². The summed E-state index contributed by atoms with van der Waals surface area (Å²) in [4.78, 5) is 9.71. The summed E-state index contributed by atoms with van der Waals surface area (Å²) in [5.41, 5.74) is 1.59. The Labute approximate surface area is 111 Å². The number of aromatic nitrogens is 2. The van der Waals surface area contributed by atoms with Crippen molar-refractivity contribution in [3.05, 3.63) is 34.1 Å². The van der Waals surface area contributed by atoms with Crippen LogP contribution in [-0.2, 0) is 0 Å². The number of hydrogen-bond acceptors (Lipinski definition) is 6. The minimum Gasteiger partial charge on any atom is -0.237 e. The molecule has 0 spiro atoms. The van der Waals surface area contributed by atoms with Crippen molar-refractivity contribution in [1.29, 1.82) is 10.5 Å². The average Bonchev–Trinajstić information content (AvgIpc) is 2.43. The van der Waals surface area contributed by atoms with Gasteiger partial charge in [0.15, 0.2) is 0 Å². The monoisotopic (exact) mass is 268 g/mol. The summed E-state index contributed by atoms with van der Waals surface area (Å²) in [6.45, 7) is 0. The summed E-state index contributed by atoms with van der Waals surface area (Å²) >= 11 is 2.41. The van der Waals surface area contributed by atoms with Gasteiger partial charge in [-0.2, -0.15) is 10.5 Å². The lowest BCUT2D eigenvalue weighted by Gasteiger charge is -2.13. The highest BCUT2D eigenvalue weighted by Gasteiger charge is 2.22. The molecular weight excluding hydrogens is 264 g/mol. The Bertz CT molecular complexity index is 703. The standard InChI is InChI=1S/C12H4N4S2/c13-5-9-10(6-14)18-12-11(17-9)15-7-3-1-2-4-8(7)16-12/h1-4H. The molecular formula is C12H4N4S2. The molecule has 84 valence electrons. The Balaban J connectivity index is 2.19. The maximum atomic E-state index is 8.99. The number of allylic oxidation sites excluding steroid dienone is 2. The van der Waals surface area contributed by atoms with Crippen LogP contribution < -0.4 is 0 Å². The normalized spacial score (nSPS) is 13.9. The summed E-state index contributed by atoms with van der Waals surface area (Å²) in [7, 11) is 0. The Morgan fingerprint density at radius 2 is 1.28 bits per heavy atom. The van der Waals surface area contributed by atoms with Crippen molar-refractivity contribution in [2.45, 2.75) is 10.1 Å². The van der Waals surface area contributed by atoms with Crippen LogP contribution in [-0.4, -0.2) is 9.97 Å². The van der Waals surface area contributed by atoms with Crippen LogP contribution >= 0.6 is 23.5 Å². The molecule has 1 aliphatic rings. The van der Waals surface area contributed by atoms with E-state index in [1.54, 1.807) is 0 Å². The Morgan fingerprint density at radius 1 is 0.833 bits per heavy atom. The molecule has 3 rings (SSSR count). The summed E-state index contributed by atoms with van der Waals surface area (Å²) in [6, 6.07) is 11.6.